The van der Waals surface area contributed by atoms with Crippen LogP contribution in [0.25, 0.3) is 0 Å². The van der Waals surface area contributed by atoms with E-state index in [2.05, 4.69) is 4.74 Å². The fourth-order valence-electron chi connectivity index (χ4n) is 2.36. The molecule has 112 valence electrons. The topological polar surface area (TPSA) is 35.2 Å². The van der Waals surface area contributed by atoms with Crippen molar-refractivity contribution in [2.45, 2.75) is 26.3 Å². The summed E-state index contributed by atoms with van der Waals surface area (Å²) in [6.45, 7) is 3.92. The van der Waals surface area contributed by atoms with Crippen molar-refractivity contribution in [3.63, 3.8) is 0 Å². The zero-order valence-electron chi connectivity index (χ0n) is 11.7. The Balaban J connectivity index is 2.26. The molecule has 0 heterocycles. The van der Waals surface area contributed by atoms with Crippen LogP contribution in [0.15, 0.2) is 42.5 Å². The highest BCUT2D eigenvalue weighted by molar-refractivity contribution is 5.42. The highest BCUT2D eigenvalue weighted by atomic mass is 19.4. The van der Waals surface area contributed by atoms with Gasteiger partial charge in [0.25, 0.3) is 0 Å². The minimum Gasteiger partial charge on any atom is -0.406 e. The van der Waals surface area contributed by atoms with Crippen molar-refractivity contribution in [3.8, 4) is 5.75 Å². The largest absolute Gasteiger partial charge is 0.573 e. The van der Waals surface area contributed by atoms with Crippen LogP contribution in [0.2, 0.25) is 0 Å². The molecule has 0 bridgehead atoms. The second-order valence-corrected chi connectivity index (χ2v) is 4.90. The molecule has 5 heteroatoms. The molecule has 0 aromatic heterocycles. The van der Waals surface area contributed by atoms with E-state index in [0.717, 1.165) is 22.3 Å². The molecule has 1 atom stereocenters. The molecule has 0 saturated carbocycles. The third-order valence-corrected chi connectivity index (χ3v) is 3.33. The third-order valence-electron chi connectivity index (χ3n) is 3.33. The highest BCUT2D eigenvalue weighted by Gasteiger charge is 2.31. The van der Waals surface area contributed by atoms with Crippen LogP contribution in [0, 0.1) is 13.8 Å². The summed E-state index contributed by atoms with van der Waals surface area (Å²) in [7, 11) is 0. The monoisotopic (exact) mass is 295 g/mol. The van der Waals surface area contributed by atoms with Crippen molar-refractivity contribution in [3.05, 3.63) is 64.7 Å². The van der Waals surface area contributed by atoms with E-state index in [1.54, 1.807) is 12.1 Å². The zero-order valence-corrected chi connectivity index (χ0v) is 11.7. The molecule has 2 aromatic carbocycles. The first kappa shape index (κ1) is 15.4. The third kappa shape index (κ3) is 3.76. The summed E-state index contributed by atoms with van der Waals surface area (Å²) in [5.74, 6) is -0.250. The lowest BCUT2D eigenvalue weighted by molar-refractivity contribution is -0.274. The summed E-state index contributed by atoms with van der Waals surface area (Å²) in [6, 6.07) is 11.1. The SMILES string of the molecule is Cc1cccc(C)c1[C@@H](N)c1ccc(OC(F)(F)F)cc1. The maximum Gasteiger partial charge on any atom is 0.573 e. The van der Waals surface area contributed by atoms with E-state index in [1.807, 2.05) is 32.0 Å². The van der Waals surface area contributed by atoms with Crippen LogP contribution in [0.3, 0.4) is 0 Å². The molecule has 0 amide bonds. The number of aryl methyl sites for hydroxylation is 2. The van der Waals surface area contributed by atoms with Gasteiger partial charge in [-0.2, -0.15) is 0 Å². The standard InChI is InChI=1S/C16H16F3NO/c1-10-4-3-5-11(2)14(10)15(20)12-6-8-13(9-7-12)21-16(17,18)19/h3-9,15H,20H2,1-2H3/t15-/m0/s1. The first-order chi connectivity index (χ1) is 9.78. The van der Waals surface area contributed by atoms with Crippen LogP contribution in [-0.2, 0) is 0 Å². The van der Waals surface area contributed by atoms with E-state index >= 15 is 0 Å². The molecule has 0 aliphatic rings. The molecular weight excluding hydrogens is 279 g/mol. The van der Waals surface area contributed by atoms with Crippen LogP contribution in [-0.4, -0.2) is 6.36 Å². The number of benzene rings is 2. The average Bonchev–Trinajstić information content (AvgIpc) is 2.37. The molecule has 2 nitrogen and oxygen atoms in total. The Morgan fingerprint density at radius 2 is 1.48 bits per heavy atom. The lowest BCUT2D eigenvalue weighted by Crippen LogP contribution is -2.17. The lowest BCUT2D eigenvalue weighted by Gasteiger charge is -2.18. The molecule has 0 radical (unpaired) electrons. The van der Waals surface area contributed by atoms with E-state index in [9.17, 15) is 13.2 Å². The van der Waals surface area contributed by atoms with Gasteiger partial charge < -0.3 is 10.5 Å². The Bertz CT molecular complexity index is 600. The summed E-state index contributed by atoms with van der Waals surface area (Å²) in [5, 5.41) is 0. The van der Waals surface area contributed by atoms with Crippen LogP contribution in [0.4, 0.5) is 13.2 Å². The number of rotatable bonds is 3. The second kappa shape index (κ2) is 5.77. The first-order valence-corrected chi connectivity index (χ1v) is 6.45. The number of alkyl halides is 3. The quantitative estimate of drug-likeness (QED) is 0.918. The van der Waals surface area contributed by atoms with Gasteiger partial charge in [0.1, 0.15) is 5.75 Å². The number of halogens is 3. The van der Waals surface area contributed by atoms with Crippen LogP contribution in [0.5, 0.6) is 5.75 Å². The van der Waals surface area contributed by atoms with Crippen molar-refractivity contribution in [2.75, 3.05) is 0 Å². The predicted octanol–water partition coefficient (Wildman–Crippen LogP) is 4.25. The van der Waals surface area contributed by atoms with Crippen molar-refractivity contribution in [2.24, 2.45) is 5.73 Å². The molecule has 2 aromatic rings. The van der Waals surface area contributed by atoms with Gasteiger partial charge in [-0.15, -0.1) is 13.2 Å². The summed E-state index contributed by atoms with van der Waals surface area (Å²) >= 11 is 0. The lowest BCUT2D eigenvalue weighted by atomic mass is 9.92. The van der Waals surface area contributed by atoms with E-state index in [-0.39, 0.29) is 11.8 Å². The summed E-state index contributed by atoms with van der Waals surface area (Å²) < 4.78 is 40.2. The number of hydrogen-bond acceptors (Lipinski definition) is 2. The van der Waals surface area contributed by atoms with Gasteiger partial charge in [0.15, 0.2) is 0 Å². The van der Waals surface area contributed by atoms with E-state index in [1.165, 1.54) is 12.1 Å². The minimum absolute atomic E-state index is 0.250. The van der Waals surface area contributed by atoms with Crippen LogP contribution < -0.4 is 10.5 Å². The van der Waals surface area contributed by atoms with Crippen molar-refractivity contribution in [1.29, 1.82) is 0 Å². The van der Waals surface area contributed by atoms with Gasteiger partial charge in [-0.05, 0) is 48.2 Å². The maximum absolute atomic E-state index is 12.1. The van der Waals surface area contributed by atoms with Crippen LogP contribution in [0.1, 0.15) is 28.3 Å². The highest BCUT2D eigenvalue weighted by Crippen LogP contribution is 2.28. The molecule has 2 N–H and O–H groups in total. The maximum atomic E-state index is 12.1. The van der Waals surface area contributed by atoms with Crippen molar-refractivity contribution >= 4 is 0 Å². The molecule has 0 aliphatic carbocycles. The minimum atomic E-state index is -4.68. The Morgan fingerprint density at radius 3 is 1.95 bits per heavy atom. The average molecular weight is 295 g/mol. The molecule has 21 heavy (non-hydrogen) atoms. The van der Waals surface area contributed by atoms with Gasteiger partial charge in [-0.25, -0.2) is 0 Å². The Morgan fingerprint density at radius 1 is 0.952 bits per heavy atom. The van der Waals surface area contributed by atoms with E-state index < -0.39 is 6.36 Å². The first-order valence-electron chi connectivity index (χ1n) is 6.45. The van der Waals surface area contributed by atoms with Gasteiger partial charge in [0.05, 0.1) is 6.04 Å². The normalized spacial score (nSPS) is 13.0. The molecule has 2 rings (SSSR count). The number of nitrogens with two attached hydrogens (primary N) is 1. The molecule has 0 saturated heterocycles. The summed E-state index contributed by atoms with van der Waals surface area (Å²) in [5.41, 5.74) is 10.1. The molecule has 0 fully saturated rings. The van der Waals surface area contributed by atoms with Gasteiger partial charge >= 0.3 is 6.36 Å². The second-order valence-electron chi connectivity index (χ2n) is 4.90. The Labute approximate surface area is 121 Å². The van der Waals surface area contributed by atoms with Gasteiger partial charge in [-0.3, -0.25) is 0 Å². The van der Waals surface area contributed by atoms with E-state index in [0.29, 0.717) is 0 Å². The van der Waals surface area contributed by atoms with Gasteiger partial charge in [0.2, 0.25) is 0 Å². The van der Waals surface area contributed by atoms with Gasteiger partial charge in [0, 0.05) is 0 Å². The fraction of sp³-hybridized carbons (Fsp3) is 0.250. The molecule has 0 unspecified atom stereocenters. The summed E-state index contributed by atoms with van der Waals surface area (Å²) in [4.78, 5) is 0. The van der Waals surface area contributed by atoms with Crippen molar-refractivity contribution < 1.29 is 17.9 Å². The smallest absolute Gasteiger partial charge is 0.406 e. The van der Waals surface area contributed by atoms with Gasteiger partial charge in [-0.1, -0.05) is 30.3 Å². The Kier molecular flexibility index (Phi) is 4.23. The number of ether oxygens (including phenoxy) is 1. The van der Waals surface area contributed by atoms with E-state index in [4.69, 9.17) is 5.73 Å². The van der Waals surface area contributed by atoms with Crippen LogP contribution >= 0.6 is 0 Å². The molecule has 0 aliphatic heterocycles. The van der Waals surface area contributed by atoms with Crippen molar-refractivity contribution in [1.82, 2.24) is 0 Å². The molecule has 0 spiro atoms. The number of hydrogen-bond donors (Lipinski definition) is 1. The predicted molar refractivity (Wildman–Crippen MR) is 75.1 cm³/mol. The zero-order chi connectivity index (χ0) is 15.6. The summed E-state index contributed by atoms with van der Waals surface area (Å²) in [6.07, 6.45) is -4.68. The molecular formula is C16H16F3NO. The fourth-order valence-corrected chi connectivity index (χ4v) is 2.36. The Hall–Kier alpha value is -2.01.